The van der Waals surface area contributed by atoms with Crippen LogP contribution in [0.25, 0.3) is 0 Å². The molecule has 1 fully saturated rings. The number of nitrogens with one attached hydrogen (secondary N) is 1. The lowest BCUT2D eigenvalue weighted by Crippen LogP contribution is -2.27. The van der Waals surface area contributed by atoms with E-state index in [1.165, 1.54) is 0 Å². The number of nitrogens with zero attached hydrogens (tertiary/aromatic N) is 3. The molecule has 6 nitrogen and oxygen atoms in total. The van der Waals surface area contributed by atoms with E-state index >= 15 is 0 Å². The third-order valence-corrected chi connectivity index (χ3v) is 4.03. The van der Waals surface area contributed by atoms with Crippen molar-refractivity contribution in [3.8, 4) is 0 Å². The maximum absolute atomic E-state index is 12.4. The lowest BCUT2D eigenvalue weighted by molar-refractivity contribution is 0.0778. The Balaban J connectivity index is 1.54. The van der Waals surface area contributed by atoms with Crippen LogP contribution in [0.5, 0.6) is 0 Å². The SMILES string of the molecule is CN(Cc1ccccc1)C(=O)c1ccc(NCC2CCCO2)nn1. The van der Waals surface area contributed by atoms with E-state index in [2.05, 4.69) is 15.5 Å². The Labute approximate surface area is 141 Å². The fourth-order valence-corrected chi connectivity index (χ4v) is 2.69. The Bertz CT molecular complexity index is 654. The van der Waals surface area contributed by atoms with Gasteiger partial charge in [-0.25, -0.2) is 0 Å². The van der Waals surface area contributed by atoms with Gasteiger partial charge < -0.3 is 15.0 Å². The Morgan fingerprint density at radius 1 is 1.25 bits per heavy atom. The molecule has 1 aromatic heterocycles. The highest BCUT2D eigenvalue weighted by Crippen LogP contribution is 2.13. The van der Waals surface area contributed by atoms with Crippen LogP contribution in [0.3, 0.4) is 0 Å². The summed E-state index contributed by atoms with van der Waals surface area (Å²) >= 11 is 0. The van der Waals surface area contributed by atoms with Gasteiger partial charge in [-0.15, -0.1) is 10.2 Å². The van der Waals surface area contributed by atoms with Gasteiger partial charge in [0.05, 0.1) is 6.10 Å². The number of hydrogen-bond acceptors (Lipinski definition) is 5. The van der Waals surface area contributed by atoms with Crippen LogP contribution < -0.4 is 5.32 Å². The minimum absolute atomic E-state index is 0.142. The molecule has 1 atom stereocenters. The highest BCUT2D eigenvalue weighted by molar-refractivity contribution is 5.92. The molecular formula is C18H22N4O2. The molecule has 6 heteroatoms. The van der Waals surface area contributed by atoms with Crippen molar-refractivity contribution in [2.24, 2.45) is 0 Å². The van der Waals surface area contributed by atoms with E-state index in [-0.39, 0.29) is 12.0 Å². The molecule has 1 aliphatic rings. The highest BCUT2D eigenvalue weighted by atomic mass is 16.5. The summed E-state index contributed by atoms with van der Waals surface area (Å²) in [6.07, 6.45) is 2.42. The minimum Gasteiger partial charge on any atom is -0.376 e. The summed E-state index contributed by atoms with van der Waals surface area (Å²) < 4.78 is 5.55. The molecule has 0 radical (unpaired) electrons. The molecule has 1 amide bonds. The Morgan fingerprint density at radius 3 is 2.75 bits per heavy atom. The van der Waals surface area contributed by atoms with Gasteiger partial charge in [0.15, 0.2) is 5.69 Å². The van der Waals surface area contributed by atoms with Crippen molar-refractivity contribution in [1.82, 2.24) is 15.1 Å². The molecule has 24 heavy (non-hydrogen) atoms. The zero-order valence-corrected chi connectivity index (χ0v) is 13.8. The summed E-state index contributed by atoms with van der Waals surface area (Å²) in [5, 5.41) is 11.3. The number of benzene rings is 1. The standard InChI is InChI=1S/C18H22N4O2/c1-22(13-14-6-3-2-4-7-14)18(23)16-9-10-17(21-20-16)19-12-15-8-5-11-24-15/h2-4,6-7,9-10,15H,5,8,11-13H2,1H3,(H,19,21). The third-order valence-electron chi connectivity index (χ3n) is 4.03. The molecule has 0 saturated carbocycles. The van der Waals surface area contributed by atoms with Crippen LogP contribution in [0.15, 0.2) is 42.5 Å². The molecular weight excluding hydrogens is 304 g/mol. The van der Waals surface area contributed by atoms with E-state index in [1.807, 2.05) is 30.3 Å². The molecule has 0 spiro atoms. The summed E-state index contributed by atoms with van der Waals surface area (Å²) in [7, 11) is 1.76. The second-order valence-electron chi connectivity index (χ2n) is 5.97. The van der Waals surface area contributed by atoms with Crippen LogP contribution in [-0.4, -0.2) is 47.3 Å². The topological polar surface area (TPSA) is 67.4 Å². The van der Waals surface area contributed by atoms with Crippen LogP contribution in [0.1, 0.15) is 28.9 Å². The number of carbonyl (C=O) groups is 1. The Morgan fingerprint density at radius 2 is 2.08 bits per heavy atom. The zero-order chi connectivity index (χ0) is 16.8. The van der Waals surface area contributed by atoms with Crippen molar-refractivity contribution < 1.29 is 9.53 Å². The lowest BCUT2D eigenvalue weighted by Gasteiger charge is -2.16. The smallest absolute Gasteiger partial charge is 0.274 e. The molecule has 1 N–H and O–H groups in total. The van der Waals surface area contributed by atoms with E-state index in [0.29, 0.717) is 18.1 Å². The summed E-state index contributed by atoms with van der Waals surface area (Å²) in [4.78, 5) is 14.0. The molecule has 3 rings (SSSR count). The fourth-order valence-electron chi connectivity index (χ4n) is 2.69. The van der Waals surface area contributed by atoms with Gasteiger partial charge in [-0.2, -0.15) is 0 Å². The second-order valence-corrected chi connectivity index (χ2v) is 5.97. The van der Waals surface area contributed by atoms with Crippen LogP contribution in [-0.2, 0) is 11.3 Å². The van der Waals surface area contributed by atoms with Gasteiger partial charge in [0.1, 0.15) is 5.82 Å². The van der Waals surface area contributed by atoms with Crippen molar-refractivity contribution in [2.45, 2.75) is 25.5 Å². The summed E-state index contributed by atoms with van der Waals surface area (Å²) in [6, 6.07) is 13.4. The summed E-state index contributed by atoms with van der Waals surface area (Å²) in [6.45, 7) is 2.09. The molecule has 1 saturated heterocycles. The van der Waals surface area contributed by atoms with E-state index in [4.69, 9.17) is 4.74 Å². The average molecular weight is 326 g/mol. The monoisotopic (exact) mass is 326 g/mol. The van der Waals surface area contributed by atoms with E-state index in [1.54, 1.807) is 24.1 Å². The number of carbonyl (C=O) groups excluding carboxylic acids is 1. The van der Waals surface area contributed by atoms with Crippen molar-refractivity contribution in [3.63, 3.8) is 0 Å². The van der Waals surface area contributed by atoms with Gasteiger partial charge in [0.2, 0.25) is 0 Å². The van der Waals surface area contributed by atoms with Gasteiger partial charge >= 0.3 is 0 Å². The Hall–Kier alpha value is -2.47. The van der Waals surface area contributed by atoms with Crippen LogP contribution >= 0.6 is 0 Å². The quantitative estimate of drug-likeness (QED) is 0.882. The summed E-state index contributed by atoms with van der Waals surface area (Å²) in [5.41, 5.74) is 1.42. The third kappa shape index (κ3) is 4.29. The van der Waals surface area contributed by atoms with Gasteiger partial charge in [-0.1, -0.05) is 30.3 Å². The normalized spacial score (nSPS) is 16.8. The van der Waals surface area contributed by atoms with Crippen LogP contribution in [0.2, 0.25) is 0 Å². The number of hydrogen-bond donors (Lipinski definition) is 1. The van der Waals surface area contributed by atoms with Crippen molar-refractivity contribution in [3.05, 3.63) is 53.7 Å². The lowest BCUT2D eigenvalue weighted by atomic mass is 10.2. The second kappa shape index (κ2) is 7.88. The van der Waals surface area contributed by atoms with E-state index < -0.39 is 0 Å². The van der Waals surface area contributed by atoms with Crippen LogP contribution in [0.4, 0.5) is 5.82 Å². The van der Waals surface area contributed by atoms with E-state index in [9.17, 15) is 4.79 Å². The fraction of sp³-hybridized carbons (Fsp3) is 0.389. The number of aromatic nitrogens is 2. The molecule has 2 aromatic rings. The van der Waals surface area contributed by atoms with Crippen molar-refractivity contribution in [1.29, 1.82) is 0 Å². The first-order valence-electron chi connectivity index (χ1n) is 8.21. The molecule has 1 unspecified atom stereocenters. The first-order chi connectivity index (χ1) is 11.7. The van der Waals surface area contributed by atoms with Gasteiger partial charge in [0.25, 0.3) is 5.91 Å². The molecule has 0 aliphatic carbocycles. The predicted octanol–water partition coefficient (Wildman–Crippen LogP) is 2.34. The maximum atomic E-state index is 12.4. The number of ether oxygens (including phenoxy) is 1. The van der Waals surface area contributed by atoms with Crippen molar-refractivity contribution in [2.75, 3.05) is 25.5 Å². The van der Waals surface area contributed by atoms with Gasteiger partial charge in [-0.3, -0.25) is 4.79 Å². The molecule has 1 aliphatic heterocycles. The average Bonchev–Trinajstić information content (AvgIpc) is 3.14. The summed E-state index contributed by atoms with van der Waals surface area (Å²) in [5.74, 6) is 0.518. The first kappa shape index (κ1) is 16.4. The highest BCUT2D eigenvalue weighted by Gasteiger charge is 2.16. The maximum Gasteiger partial charge on any atom is 0.274 e. The minimum atomic E-state index is -0.142. The molecule has 0 bridgehead atoms. The van der Waals surface area contributed by atoms with Crippen LogP contribution in [0, 0.1) is 0 Å². The first-order valence-corrected chi connectivity index (χ1v) is 8.21. The largest absolute Gasteiger partial charge is 0.376 e. The molecule has 126 valence electrons. The van der Waals surface area contributed by atoms with E-state index in [0.717, 1.165) is 31.6 Å². The molecule has 2 heterocycles. The van der Waals surface area contributed by atoms with Gasteiger partial charge in [0, 0.05) is 26.7 Å². The Kier molecular flexibility index (Phi) is 5.38. The number of rotatable bonds is 6. The number of amides is 1. The zero-order valence-electron chi connectivity index (χ0n) is 13.8. The van der Waals surface area contributed by atoms with Gasteiger partial charge in [-0.05, 0) is 30.5 Å². The van der Waals surface area contributed by atoms with Crippen molar-refractivity contribution >= 4 is 11.7 Å². The number of anilines is 1. The predicted molar refractivity (Wildman–Crippen MR) is 91.7 cm³/mol. The molecule has 1 aromatic carbocycles.